The van der Waals surface area contributed by atoms with Crippen LogP contribution in [0.4, 0.5) is 11.6 Å². The number of piperidine rings is 1. The molecule has 1 atom stereocenters. The highest BCUT2D eigenvalue weighted by molar-refractivity contribution is 5.61. The number of benzene rings is 1. The van der Waals surface area contributed by atoms with Crippen LogP contribution in [0.15, 0.2) is 30.3 Å². The summed E-state index contributed by atoms with van der Waals surface area (Å²) < 4.78 is 5.51. The zero-order valence-corrected chi connectivity index (χ0v) is 21.0. The Morgan fingerprint density at radius 2 is 1.80 bits per heavy atom. The minimum Gasteiger partial charge on any atom is -0.370 e. The third-order valence-corrected chi connectivity index (χ3v) is 7.89. The van der Waals surface area contributed by atoms with Gasteiger partial charge in [0.15, 0.2) is 0 Å². The van der Waals surface area contributed by atoms with Gasteiger partial charge in [-0.2, -0.15) is 5.26 Å². The molecule has 3 aliphatic heterocycles. The van der Waals surface area contributed by atoms with E-state index in [2.05, 4.69) is 51.6 Å². The molecule has 7 heteroatoms. The summed E-state index contributed by atoms with van der Waals surface area (Å²) in [4.78, 5) is 9.36. The number of pyridine rings is 1. The molecule has 0 aliphatic carbocycles. The van der Waals surface area contributed by atoms with Crippen molar-refractivity contribution in [2.75, 3.05) is 69.2 Å². The Hall–Kier alpha value is -2.66. The van der Waals surface area contributed by atoms with E-state index in [4.69, 9.17) is 4.74 Å². The van der Waals surface area contributed by atoms with Gasteiger partial charge in [0, 0.05) is 18.4 Å². The van der Waals surface area contributed by atoms with Gasteiger partial charge in [0.25, 0.3) is 0 Å². The number of anilines is 2. The summed E-state index contributed by atoms with van der Waals surface area (Å²) in [6, 6.07) is 13.4. The lowest BCUT2D eigenvalue weighted by Crippen LogP contribution is -3.14. The van der Waals surface area contributed by atoms with Crippen LogP contribution in [0.5, 0.6) is 0 Å². The van der Waals surface area contributed by atoms with Gasteiger partial charge in [0.1, 0.15) is 37.8 Å². The molecule has 1 aromatic heterocycles. The van der Waals surface area contributed by atoms with Crippen LogP contribution in [0.1, 0.15) is 47.9 Å². The lowest BCUT2D eigenvalue weighted by atomic mass is 9.94. The van der Waals surface area contributed by atoms with E-state index < -0.39 is 0 Å². The fraction of sp³-hybridized carbons (Fsp3) is 0.571. The number of quaternary nitrogens is 2. The van der Waals surface area contributed by atoms with Crippen molar-refractivity contribution in [3.05, 3.63) is 52.6 Å². The van der Waals surface area contributed by atoms with Crippen molar-refractivity contribution >= 4 is 11.6 Å². The average molecular weight is 478 g/mol. The van der Waals surface area contributed by atoms with E-state index in [0.29, 0.717) is 0 Å². The Labute approximate surface area is 209 Å². The Morgan fingerprint density at radius 1 is 1.00 bits per heavy atom. The first-order chi connectivity index (χ1) is 17.3. The normalized spacial score (nSPS) is 20.8. The molecule has 4 N–H and O–H groups in total. The molecule has 0 bridgehead atoms. The fourth-order valence-corrected chi connectivity index (χ4v) is 5.94. The highest BCUT2D eigenvalue weighted by Gasteiger charge is 2.33. The van der Waals surface area contributed by atoms with Crippen molar-refractivity contribution in [1.29, 1.82) is 5.26 Å². The minimum absolute atomic E-state index is 0.879. The third kappa shape index (κ3) is 5.95. The van der Waals surface area contributed by atoms with Gasteiger partial charge >= 0.3 is 0 Å². The Kier molecular flexibility index (Phi) is 8.14. The highest BCUT2D eigenvalue weighted by atomic mass is 16.5. The SMILES string of the molecule is N#Cc1c(N2CCCCC2)[nH+]c(NCCC[NH+]2CCOCC2)c2c1CC[NH+](Cc1ccccc1)C2. The number of nitrogens with one attached hydrogen (secondary N) is 4. The number of nitriles is 1. The van der Waals surface area contributed by atoms with Crippen LogP contribution >= 0.6 is 0 Å². The number of hydrogen-bond acceptors (Lipinski definition) is 4. The number of hydrogen-bond donors (Lipinski definition) is 3. The molecule has 2 aromatic rings. The molecule has 2 saturated heterocycles. The van der Waals surface area contributed by atoms with Gasteiger partial charge in [-0.15, -0.1) is 0 Å². The monoisotopic (exact) mass is 477 g/mol. The van der Waals surface area contributed by atoms with Gasteiger partial charge in [0.2, 0.25) is 11.6 Å². The number of H-pyrrole nitrogens is 1. The first-order valence-electron chi connectivity index (χ1n) is 13.6. The summed E-state index contributed by atoms with van der Waals surface area (Å²) in [6.07, 6.45) is 5.79. The quantitative estimate of drug-likeness (QED) is 0.476. The molecule has 1 aromatic carbocycles. The highest BCUT2D eigenvalue weighted by Crippen LogP contribution is 2.29. The maximum atomic E-state index is 10.2. The topological polar surface area (TPSA) is 71.3 Å². The van der Waals surface area contributed by atoms with Crippen LogP contribution in [0, 0.1) is 11.3 Å². The lowest BCUT2D eigenvalue weighted by molar-refractivity contribution is -0.929. The number of rotatable bonds is 8. The Morgan fingerprint density at radius 3 is 2.57 bits per heavy atom. The van der Waals surface area contributed by atoms with E-state index >= 15 is 0 Å². The van der Waals surface area contributed by atoms with Crippen LogP contribution in [-0.2, 0) is 24.2 Å². The smallest absolute Gasteiger partial charge is 0.240 e. The van der Waals surface area contributed by atoms with Crippen LogP contribution in [0.25, 0.3) is 0 Å². The maximum absolute atomic E-state index is 10.2. The van der Waals surface area contributed by atoms with Gasteiger partial charge in [-0.3, -0.25) is 4.90 Å². The van der Waals surface area contributed by atoms with Crippen molar-refractivity contribution in [1.82, 2.24) is 0 Å². The second-order valence-electron chi connectivity index (χ2n) is 10.3. The largest absolute Gasteiger partial charge is 0.370 e. The van der Waals surface area contributed by atoms with Crippen molar-refractivity contribution in [3.63, 3.8) is 0 Å². The van der Waals surface area contributed by atoms with E-state index in [1.165, 1.54) is 42.5 Å². The zero-order valence-electron chi connectivity index (χ0n) is 21.0. The predicted octanol–water partition coefficient (Wildman–Crippen LogP) is 0.221. The molecular formula is C28H41N6O+3. The molecule has 0 radical (unpaired) electrons. The van der Waals surface area contributed by atoms with Crippen LogP contribution in [0.3, 0.4) is 0 Å². The van der Waals surface area contributed by atoms with Gasteiger partial charge in [-0.25, -0.2) is 4.98 Å². The second-order valence-corrected chi connectivity index (χ2v) is 10.3. The first-order valence-corrected chi connectivity index (χ1v) is 13.6. The summed E-state index contributed by atoms with van der Waals surface area (Å²) in [5.41, 5.74) is 4.84. The zero-order chi connectivity index (χ0) is 23.9. The Bertz CT molecular complexity index is 1010. The molecule has 3 aliphatic rings. The summed E-state index contributed by atoms with van der Waals surface area (Å²) in [5, 5.41) is 14.0. The number of nitrogens with zero attached hydrogens (tertiary/aromatic N) is 2. The standard InChI is InChI=1S/C28H38N6O/c29-20-25-24-10-15-33(21-23-8-3-1-4-9-23)22-26(24)27(31-28(25)34-13-5-2-6-14-34)30-11-7-12-32-16-18-35-19-17-32/h1,3-4,8-9H,2,5-7,10-19,21-22H2,(H,30,31)/p+3. The van der Waals surface area contributed by atoms with Crippen molar-refractivity contribution in [2.24, 2.45) is 0 Å². The number of ether oxygens (including phenoxy) is 1. The first kappa shape index (κ1) is 24.1. The van der Waals surface area contributed by atoms with E-state index in [0.717, 1.165) is 95.6 Å². The van der Waals surface area contributed by atoms with Crippen molar-refractivity contribution < 1.29 is 19.5 Å². The average Bonchev–Trinajstić information content (AvgIpc) is 2.92. The van der Waals surface area contributed by atoms with E-state index in [1.54, 1.807) is 9.80 Å². The third-order valence-electron chi connectivity index (χ3n) is 7.89. The fourth-order valence-electron chi connectivity index (χ4n) is 5.94. The van der Waals surface area contributed by atoms with Gasteiger partial charge < -0.3 is 19.9 Å². The summed E-state index contributed by atoms with van der Waals surface area (Å²) >= 11 is 0. The van der Waals surface area contributed by atoms with Crippen molar-refractivity contribution in [2.45, 2.75) is 45.2 Å². The van der Waals surface area contributed by atoms with Gasteiger partial charge in [-0.1, -0.05) is 30.3 Å². The van der Waals surface area contributed by atoms with Crippen LogP contribution in [-0.4, -0.2) is 59.0 Å². The van der Waals surface area contributed by atoms with Crippen LogP contribution < -0.4 is 25.0 Å². The molecule has 5 rings (SSSR count). The predicted molar refractivity (Wildman–Crippen MR) is 137 cm³/mol. The number of aromatic nitrogens is 1. The second kappa shape index (κ2) is 11.9. The minimum atomic E-state index is 0.879. The molecule has 2 fully saturated rings. The summed E-state index contributed by atoms with van der Waals surface area (Å²) in [5.74, 6) is 2.18. The van der Waals surface area contributed by atoms with E-state index in [9.17, 15) is 5.26 Å². The molecule has 1 unspecified atom stereocenters. The number of aromatic amines is 1. The van der Waals surface area contributed by atoms with Gasteiger partial charge in [-0.05, 0) is 24.8 Å². The molecule has 0 spiro atoms. The summed E-state index contributed by atoms with van der Waals surface area (Å²) in [6.45, 7) is 11.3. The molecule has 186 valence electrons. The lowest BCUT2D eigenvalue weighted by Gasteiger charge is -2.30. The van der Waals surface area contributed by atoms with Gasteiger partial charge in [0.05, 0.1) is 51.5 Å². The molecular weight excluding hydrogens is 436 g/mol. The number of morpholine rings is 1. The molecule has 7 nitrogen and oxygen atoms in total. The maximum Gasteiger partial charge on any atom is 0.240 e. The van der Waals surface area contributed by atoms with Crippen molar-refractivity contribution in [3.8, 4) is 6.07 Å². The Balaban J connectivity index is 1.36. The van der Waals surface area contributed by atoms with E-state index in [1.807, 2.05) is 0 Å². The molecule has 0 saturated carbocycles. The van der Waals surface area contributed by atoms with E-state index in [-0.39, 0.29) is 0 Å². The molecule has 0 amide bonds. The molecule has 35 heavy (non-hydrogen) atoms. The molecule has 4 heterocycles. The summed E-state index contributed by atoms with van der Waals surface area (Å²) in [7, 11) is 0. The van der Waals surface area contributed by atoms with Crippen LogP contribution in [0.2, 0.25) is 0 Å². The number of fused-ring (bicyclic) bond motifs is 1.